The number of aromatic hydroxyl groups is 1. The molecule has 1 atom stereocenters. The topological polar surface area (TPSA) is 81.1 Å². The summed E-state index contributed by atoms with van der Waals surface area (Å²) in [5, 5.41) is 18.8. The van der Waals surface area contributed by atoms with Crippen molar-refractivity contribution in [2.75, 3.05) is 19.6 Å². The Hall–Kier alpha value is -2.08. The summed E-state index contributed by atoms with van der Waals surface area (Å²) >= 11 is 0. The summed E-state index contributed by atoms with van der Waals surface area (Å²) in [4.78, 5) is 27.3. The highest BCUT2D eigenvalue weighted by Gasteiger charge is 2.26. The number of hydrogen-bond acceptors (Lipinski definition) is 4. The van der Waals surface area contributed by atoms with E-state index in [0.29, 0.717) is 19.0 Å². The van der Waals surface area contributed by atoms with Gasteiger partial charge in [0.1, 0.15) is 11.3 Å². The molecule has 6 nitrogen and oxygen atoms in total. The highest BCUT2D eigenvalue weighted by molar-refractivity contribution is 5.90. The van der Waals surface area contributed by atoms with E-state index in [9.17, 15) is 14.7 Å². The minimum Gasteiger partial charge on any atom is -0.507 e. The van der Waals surface area contributed by atoms with Crippen molar-refractivity contribution in [3.8, 4) is 5.75 Å². The molecule has 1 amide bonds. The summed E-state index contributed by atoms with van der Waals surface area (Å²) in [5.41, 5.74) is 0.855. The quantitative estimate of drug-likeness (QED) is 0.827. The van der Waals surface area contributed by atoms with Gasteiger partial charge in [0.2, 0.25) is 5.91 Å². The van der Waals surface area contributed by atoms with Gasteiger partial charge < -0.3 is 15.1 Å². The first kappa shape index (κ1) is 17.7. The number of aromatic carboxylic acids is 1. The number of rotatable bonds is 6. The molecule has 0 unspecified atom stereocenters. The van der Waals surface area contributed by atoms with E-state index < -0.39 is 5.97 Å². The van der Waals surface area contributed by atoms with Gasteiger partial charge in [-0.25, -0.2) is 4.79 Å². The molecule has 0 aromatic heterocycles. The lowest BCUT2D eigenvalue weighted by Crippen LogP contribution is -2.41. The van der Waals surface area contributed by atoms with Gasteiger partial charge in [-0.2, -0.15) is 0 Å². The lowest BCUT2D eigenvalue weighted by Gasteiger charge is -2.36. The van der Waals surface area contributed by atoms with Crippen molar-refractivity contribution in [3.63, 3.8) is 0 Å². The molecule has 25 heavy (non-hydrogen) atoms. The minimum absolute atomic E-state index is 0.0475. The summed E-state index contributed by atoms with van der Waals surface area (Å²) in [6.45, 7) is 3.36. The molecule has 2 saturated heterocycles. The molecular formula is C19H26N2O4. The van der Waals surface area contributed by atoms with Crippen LogP contribution in [0.15, 0.2) is 18.2 Å². The Balaban J connectivity index is 1.63. The van der Waals surface area contributed by atoms with E-state index in [1.807, 2.05) is 4.90 Å². The van der Waals surface area contributed by atoms with Crippen molar-refractivity contribution in [3.05, 3.63) is 29.3 Å². The van der Waals surface area contributed by atoms with Crippen molar-refractivity contribution in [1.82, 2.24) is 9.80 Å². The van der Waals surface area contributed by atoms with Gasteiger partial charge in [0.05, 0.1) is 0 Å². The Kier molecular flexibility index (Phi) is 5.58. The number of piperidine rings is 1. The summed E-state index contributed by atoms with van der Waals surface area (Å²) < 4.78 is 0. The van der Waals surface area contributed by atoms with E-state index in [1.54, 1.807) is 12.1 Å². The van der Waals surface area contributed by atoms with Gasteiger partial charge in [0.15, 0.2) is 0 Å². The fraction of sp³-hybridized carbons (Fsp3) is 0.579. The minimum atomic E-state index is -1.11. The van der Waals surface area contributed by atoms with E-state index in [4.69, 9.17) is 5.11 Å². The Labute approximate surface area is 148 Å². The van der Waals surface area contributed by atoms with Crippen molar-refractivity contribution in [2.45, 2.75) is 51.1 Å². The Morgan fingerprint density at radius 3 is 2.76 bits per heavy atom. The Morgan fingerprint density at radius 1 is 1.20 bits per heavy atom. The number of benzene rings is 1. The first-order valence-corrected chi connectivity index (χ1v) is 9.11. The molecule has 2 fully saturated rings. The maximum atomic E-state index is 11.8. The van der Waals surface area contributed by atoms with E-state index in [-0.39, 0.29) is 17.2 Å². The molecule has 2 N–H and O–H groups in total. The van der Waals surface area contributed by atoms with Crippen LogP contribution < -0.4 is 0 Å². The van der Waals surface area contributed by atoms with E-state index in [1.165, 1.54) is 12.5 Å². The second kappa shape index (κ2) is 7.87. The lowest BCUT2D eigenvalue weighted by molar-refractivity contribution is -0.127. The highest BCUT2D eigenvalue weighted by Crippen LogP contribution is 2.25. The van der Waals surface area contributed by atoms with Crippen molar-refractivity contribution < 1.29 is 19.8 Å². The molecule has 2 aliphatic rings. The fourth-order valence-electron chi connectivity index (χ4n) is 3.93. The molecule has 2 aliphatic heterocycles. The third-order valence-corrected chi connectivity index (χ3v) is 5.33. The zero-order chi connectivity index (χ0) is 17.8. The van der Waals surface area contributed by atoms with Gasteiger partial charge in [0, 0.05) is 32.1 Å². The molecule has 0 aliphatic carbocycles. The van der Waals surface area contributed by atoms with Crippen LogP contribution >= 0.6 is 0 Å². The zero-order valence-corrected chi connectivity index (χ0v) is 14.5. The number of carbonyl (C=O) groups is 2. The van der Waals surface area contributed by atoms with Gasteiger partial charge in [-0.05, 0) is 49.9 Å². The molecule has 0 bridgehead atoms. The molecule has 2 heterocycles. The third-order valence-electron chi connectivity index (χ3n) is 5.33. The average molecular weight is 346 g/mol. The Morgan fingerprint density at radius 2 is 2.04 bits per heavy atom. The van der Waals surface area contributed by atoms with Crippen molar-refractivity contribution >= 4 is 11.9 Å². The first-order chi connectivity index (χ1) is 12.0. The maximum Gasteiger partial charge on any atom is 0.339 e. The number of hydrogen-bond donors (Lipinski definition) is 2. The predicted octanol–water partition coefficient (Wildman–Crippen LogP) is 2.46. The van der Waals surface area contributed by atoms with Crippen LogP contribution in [0.3, 0.4) is 0 Å². The van der Waals surface area contributed by atoms with E-state index in [2.05, 4.69) is 4.90 Å². The van der Waals surface area contributed by atoms with E-state index in [0.717, 1.165) is 50.9 Å². The fourth-order valence-corrected chi connectivity index (χ4v) is 3.93. The molecule has 0 radical (unpaired) electrons. The van der Waals surface area contributed by atoms with Crippen LogP contribution in [0.25, 0.3) is 0 Å². The SMILES string of the molecule is O=C(O)c1cc(CN2CCCC[C@H]2CCN2CCCC2=O)ccc1O. The third kappa shape index (κ3) is 4.31. The maximum absolute atomic E-state index is 11.8. The smallest absolute Gasteiger partial charge is 0.339 e. The summed E-state index contributed by atoms with van der Waals surface area (Å²) in [7, 11) is 0. The van der Waals surface area contributed by atoms with Crippen LogP contribution in [-0.2, 0) is 11.3 Å². The number of likely N-dealkylation sites (tertiary alicyclic amines) is 2. The summed E-state index contributed by atoms with van der Waals surface area (Å²) in [5.74, 6) is -1.03. The second-order valence-corrected chi connectivity index (χ2v) is 7.05. The molecule has 1 aromatic carbocycles. The number of phenols is 1. The number of nitrogens with zero attached hydrogens (tertiary/aromatic N) is 2. The largest absolute Gasteiger partial charge is 0.507 e. The summed E-state index contributed by atoms with van der Waals surface area (Å²) in [6.07, 6.45) is 6.08. The van der Waals surface area contributed by atoms with E-state index >= 15 is 0 Å². The van der Waals surface area contributed by atoms with Crippen LogP contribution in [0.4, 0.5) is 0 Å². The number of carboxylic acids is 1. The number of amides is 1. The molecule has 0 saturated carbocycles. The van der Waals surface area contributed by atoms with Gasteiger partial charge in [-0.1, -0.05) is 12.5 Å². The lowest BCUT2D eigenvalue weighted by atomic mass is 9.98. The standard InChI is InChI=1S/C19H26N2O4/c22-17-7-6-14(12-16(17)19(24)25)13-21-9-2-1-4-15(21)8-11-20-10-3-5-18(20)23/h6-7,12,15,22H,1-5,8-11,13H2,(H,24,25)/t15-/m0/s1. The molecule has 6 heteroatoms. The average Bonchev–Trinajstić information content (AvgIpc) is 3.00. The van der Waals surface area contributed by atoms with Crippen LogP contribution in [0, 0.1) is 0 Å². The van der Waals surface area contributed by atoms with Gasteiger partial charge in [0.25, 0.3) is 0 Å². The molecule has 1 aromatic rings. The number of carboxylic acid groups (broad SMARTS) is 1. The monoisotopic (exact) mass is 346 g/mol. The second-order valence-electron chi connectivity index (χ2n) is 7.05. The normalized spacial score (nSPS) is 21.7. The molecule has 0 spiro atoms. The van der Waals surface area contributed by atoms with Crippen molar-refractivity contribution in [2.24, 2.45) is 0 Å². The van der Waals surface area contributed by atoms with Crippen LogP contribution in [0.5, 0.6) is 5.75 Å². The highest BCUT2D eigenvalue weighted by atomic mass is 16.4. The molecule has 136 valence electrons. The summed E-state index contributed by atoms with van der Waals surface area (Å²) in [6, 6.07) is 5.23. The Bertz CT molecular complexity index is 646. The molecule has 3 rings (SSSR count). The zero-order valence-electron chi connectivity index (χ0n) is 14.5. The van der Waals surface area contributed by atoms with Gasteiger partial charge in [-0.3, -0.25) is 9.69 Å². The first-order valence-electron chi connectivity index (χ1n) is 9.11. The van der Waals surface area contributed by atoms with Gasteiger partial charge >= 0.3 is 5.97 Å². The van der Waals surface area contributed by atoms with Crippen LogP contribution in [-0.4, -0.2) is 57.6 Å². The van der Waals surface area contributed by atoms with Crippen LogP contribution in [0.2, 0.25) is 0 Å². The predicted molar refractivity (Wildman–Crippen MR) is 93.5 cm³/mol. The number of carbonyl (C=O) groups excluding carboxylic acids is 1. The van der Waals surface area contributed by atoms with Crippen molar-refractivity contribution in [1.29, 1.82) is 0 Å². The molecular weight excluding hydrogens is 320 g/mol. The van der Waals surface area contributed by atoms with Gasteiger partial charge in [-0.15, -0.1) is 0 Å². The van der Waals surface area contributed by atoms with Crippen LogP contribution in [0.1, 0.15) is 54.4 Å².